The molecule has 2 aromatic heterocycles. The number of aromatic nitrogens is 4. The summed E-state index contributed by atoms with van der Waals surface area (Å²) in [6, 6.07) is 1.47. The van der Waals surface area contributed by atoms with Crippen LogP contribution in [0.1, 0.15) is 31.0 Å². The van der Waals surface area contributed by atoms with Gasteiger partial charge in [-0.15, -0.1) is 0 Å². The van der Waals surface area contributed by atoms with E-state index >= 15 is 0 Å². The molecule has 0 aliphatic carbocycles. The maximum atomic E-state index is 12.6. The largest absolute Gasteiger partial charge is 0.332 e. The molecule has 9 heteroatoms. The highest BCUT2D eigenvalue weighted by Crippen LogP contribution is 2.33. The molecule has 1 atom stereocenters. The van der Waals surface area contributed by atoms with E-state index in [1.54, 1.807) is 28.0 Å². The van der Waals surface area contributed by atoms with Gasteiger partial charge in [-0.05, 0) is 25.3 Å². The van der Waals surface area contributed by atoms with Crippen LogP contribution in [0.5, 0.6) is 0 Å². The molecular formula is C14H19N5O3S. The van der Waals surface area contributed by atoms with Crippen LogP contribution in [0.25, 0.3) is 0 Å². The van der Waals surface area contributed by atoms with Gasteiger partial charge in [0, 0.05) is 25.2 Å². The van der Waals surface area contributed by atoms with Crippen LogP contribution in [-0.2, 0) is 21.2 Å². The third-order valence-corrected chi connectivity index (χ3v) is 5.17. The van der Waals surface area contributed by atoms with Gasteiger partial charge in [-0.25, -0.2) is 8.42 Å². The highest BCUT2D eigenvalue weighted by atomic mass is 32.2. The monoisotopic (exact) mass is 337 g/mol. The standard InChI is InChI=1S/C14H19N5O3S/c1-23(21,22)12-9-15-17-14(12)11-5-2-3-8-19(11)13(20)10-18-7-4-6-16-18/h4,6-7,9,11H,2-3,5,8,10H2,1H3,(H,15,17)/t11-/m1/s1. The predicted molar refractivity (Wildman–Crippen MR) is 82.2 cm³/mol. The molecule has 1 saturated heterocycles. The number of nitrogens with zero attached hydrogens (tertiary/aromatic N) is 4. The van der Waals surface area contributed by atoms with Crippen LogP contribution >= 0.6 is 0 Å². The summed E-state index contributed by atoms with van der Waals surface area (Å²) >= 11 is 0. The molecule has 0 radical (unpaired) electrons. The molecule has 1 N–H and O–H groups in total. The lowest BCUT2D eigenvalue weighted by molar-refractivity contribution is -0.136. The molecule has 0 saturated carbocycles. The molecule has 0 bridgehead atoms. The molecule has 1 aliphatic rings. The van der Waals surface area contributed by atoms with Crippen molar-refractivity contribution < 1.29 is 13.2 Å². The third-order valence-electron chi connectivity index (χ3n) is 4.04. The van der Waals surface area contributed by atoms with Gasteiger partial charge in [0.25, 0.3) is 0 Å². The fourth-order valence-corrected chi connectivity index (χ4v) is 3.80. The van der Waals surface area contributed by atoms with Crippen molar-refractivity contribution in [3.8, 4) is 0 Å². The van der Waals surface area contributed by atoms with Gasteiger partial charge < -0.3 is 4.90 Å². The molecule has 124 valence electrons. The average Bonchev–Trinajstić information content (AvgIpc) is 3.17. The van der Waals surface area contributed by atoms with Crippen LogP contribution in [0.3, 0.4) is 0 Å². The van der Waals surface area contributed by atoms with Crippen LogP contribution in [-0.4, -0.2) is 52.0 Å². The molecule has 1 amide bonds. The van der Waals surface area contributed by atoms with Crippen molar-refractivity contribution in [2.24, 2.45) is 0 Å². The van der Waals surface area contributed by atoms with Gasteiger partial charge in [0.2, 0.25) is 5.91 Å². The number of amides is 1. The summed E-state index contributed by atoms with van der Waals surface area (Å²) in [7, 11) is -3.39. The van der Waals surface area contributed by atoms with E-state index in [2.05, 4.69) is 15.3 Å². The summed E-state index contributed by atoms with van der Waals surface area (Å²) in [5.74, 6) is -0.0764. The summed E-state index contributed by atoms with van der Waals surface area (Å²) in [6.45, 7) is 0.749. The first-order chi connectivity index (χ1) is 11.0. The Labute approximate surface area is 134 Å². The number of likely N-dealkylation sites (tertiary alicyclic amines) is 1. The molecule has 1 fully saturated rings. The lowest BCUT2D eigenvalue weighted by Gasteiger charge is -2.35. The molecule has 0 spiro atoms. The highest BCUT2D eigenvalue weighted by molar-refractivity contribution is 7.90. The van der Waals surface area contributed by atoms with Crippen molar-refractivity contribution >= 4 is 15.7 Å². The maximum absolute atomic E-state index is 12.6. The second-order valence-corrected chi connectivity index (χ2v) is 7.71. The average molecular weight is 337 g/mol. The van der Waals surface area contributed by atoms with E-state index < -0.39 is 9.84 Å². The summed E-state index contributed by atoms with van der Waals surface area (Å²) in [6.07, 6.45) is 8.39. The summed E-state index contributed by atoms with van der Waals surface area (Å²) in [4.78, 5) is 14.5. The Morgan fingerprint density at radius 2 is 2.26 bits per heavy atom. The molecular weight excluding hydrogens is 318 g/mol. The van der Waals surface area contributed by atoms with E-state index in [0.717, 1.165) is 25.5 Å². The lowest BCUT2D eigenvalue weighted by Crippen LogP contribution is -2.41. The molecule has 0 unspecified atom stereocenters. The zero-order valence-electron chi connectivity index (χ0n) is 12.8. The minimum Gasteiger partial charge on any atom is -0.332 e. The zero-order valence-corrected chi connectivity index (χ0v) is 13.7. The second-order valence-electron chi connectivity index (χ2n) is 5.72. The Balaban J connectivity index is 1.87. The normalized spacial score (nSPS) is 19.0. The van der Waals surface area contributed by atoms with Gasteiger partial charge in [0.15, 0.2) is 9.84 Å². The number of hydrogen-bond acceptors (Lipinski definition) is 5. The number of rotatable bonds is 4. The van der Waals surface area contributed by atoms with Crippen molar-refractivity contribution in [1.29, 1.82) is 0 Å². The van der Waals surface area contributed by atoms with Crippen LogP contribution in [0.4, 0.5) is 0 Å². The molecule has 1 aliphatic heterocycles. The van der Waals surface area contributed by atoms with E-state index in [0.29, 0.717) is 12.2 Å². The minimum absolute atomic E-state index is 0.0764. The Morgan fingerprint density at radius 1 is 1.43 bits per heavy atom. The molecule has 0 aromatic carbocycles. The number of H-pyrrole nitrogens is 1. The van der Waals surface area contributed by atoms with Gasteiger partial charge in [0.1, 0.15) is 11.4 Å². The van der Waals surface area contributed by atoms with Crippen LogP contribution < -0.4 is 0 Å². The van der Waals surface area contributed by atoms with E-state index in [1.165, 1.54) is 6.20 Å². The Hall–Kier alpha value is -2.16. The van der Waals surface area contributed by atoms with Crippen LogP contribution in [0.2, 0.25) is 0 Å². The van der Waals surface area contributed by atoms with Gasteiger partial charge in [-0.1, -0.05) is 0 Å². The second kappa shape index (κ2) is 6.15. The SMILES string of the molecule is CS(=O)(=O)c1cn[nH]c1[C@H]1CCCCN1C(=O)Cn1cccn1. The lowest BCUT2D eigenvalue weighted by atomic mass is 9.99. The number of sulfone groups is 1. The maximum Gasteiger partial charge on any atom is 0.244 e. The molecule has 8 nitrogen and oxygen atoms in total. The van der Waals surface area contributed by atoms with Gasteiger partial charge in [0.05, 0.1) is 17.9 Å². The van der Waals surface area contributed by atoms with E-state index in [9.17, 15) is 13.2 Å². The fraction of sp³-hybridized carbons (Fsp3) is 0.500. The molecule has 3 rings (SSSR count). The number of carbonyl (C=O) groups is 1. The number of piperidine rings is 1. The quantitative estimate of drug-likeness (QED) is 0.888. The van der Waals surface area contributed by atoms with Gasteiger partial charge >= 0.3 is 0 Å². The van der Waals surface area contributed by atoms with Crippen LogP contribution in [0, 0.1) is 0 Å². The predicted octanol–water partition coefficient (Wildman–Crippen LogP) is 0.763. The van der Waals surface area contributed by atoms with Crippen molar-refractivity contribution in [3.63, 3.8) is 0 Å². The minimum atomic E-state index is -3.39. The van der Waals surface area contributed by atoms with Crippen molar-refractivity contribution in [2.75, 3.05) is 12.8 Å². The first kappa shape index (κ1) is 15.7. The molecule has 2 aromatic rings. The summed E-state index contributed by atoms with van der Waals surface area (Å²) in [5.41, 5.74) is 0.501. The first-order valence-electron chi connectivity index (χ1n) is 7.47. The number of hydrogen-bond donors (Lipinski definition) is 1. The van der Waals surface area contributed by atoms with Crippen molar-refractivity contribution in [3.05, 3.63) is 30.4 Å². The summed E-state index contributed by atoms with van der Waals surface area (Å²) < 4.78 is 25.4. The molecule has 3 heterocycles. The smallest absolute Gasteiger partial charge is 0.244 e. The van der Waals surface area contributed by atoms with E-state index in [-0.39, 0.29) is 23.4 Å². The van der Waals surface area contributed by atoms with Crippen molar-refractivity contribution in [1.82, 2.24) is 24.9 Å². The number of nitrogens with one attached hydrogen (secondary N) is 1. The number of carbonyl (C=O) groups excluding carboxylic acids is 1. The van der Waals surface area contributed by atoms with E-state index in [1.807, 2.05) is 0 Å². The van der Waals surface area contributed by atoms with Crippen molar-refractivity contribution in [2.45, 2.75) is 36.7 Å². The Kier molecular flexibility index (Phi) is 4.20. The Bertz CT molecular complexity index is 781. The third kappa shape index (κ3) is 3.29. The summed E-state index contributed by atoms with van der Waals surface area (Å²) in [5, 5.41) is 10.7. The topological polar surface area (TPSA) is 101 Å². The molecule has 23 heavy (non-hydrogen) atoms. The Morgan fingerprint density at radius 3 is 2.96 bits per heavy atom. The van der Waals surface area contributed by atoms with Gasteiger partial charge in [-0.2, -0.15) is 10.2 Å². The van der Waals surface area contributed by atoms with Crippen LogP contribution in [0.15, 0.2) is 29.6 Å². The fourth-order valence-electron chi connectivity index (χ4n) is 2.97. The highest BCUT2D eigenvalue weighted by Gasteiger charge is 2.32. The zero-order chi connectivity index (χ0) is 16.4. The van der Waals surface area contributed by atoms with E-state index in [4.69, 9.17) is 0 Å². The number of aromatic amines is 1. The first-order valence-corrected chi connectivity index (χ1v) is 9.36. The van der Waals surface area contributed by atoms with Gasteiger partial charge in [-0.3, -0.25) is 14.6 Å².